The van der Waals surface area contributed by atoms with Crippen molar-refractivity contribution in [1.82, 2.24) is 0 Å². The zero-order valence-corrected chi connectivity index (χ0v) is 31.1. The molecule has 0 saturated carbocycles. The molecule has 0 aliphatic carbocycles. The Morgan fingerprint density at radius 3 is 0.589 bits per heavy atom. The first-order valence-corrected chi connectivity index (χ1v) is 19.0. The lowest BCUT2D eigenvalue weighted by atomic mass is 10.1. The SMILES string of the molecule is C(=Cc1ccc(N(c2ccccc2)c2ccc(/C=C/c3ccccc3)cc2)cc1)c1ccc(N(c2ccccc2)c2ccc(/C=C/c3ccccc3)cc2)cc1. The Balaban J connectivity index is 0.982. The van der Waals surface area contributed by atoms with Crippen LogP contribution in [0.25, 0.3) is 36.5 Å². The molecular formula is C54H42N2. The number of benzene rings is 8. The molecule has 0 amide bonds. The molecule has 8 rings (SSSR count). The van der Waals surface area contributed by atoms with Crippen LogP contribution in [-0.4, -0.2) is 0 Å². The minimum atomic E-state index is 1.10. The first-order chi connectivity index (χ1) is 27.7. The lowest BCUT2D eigenvalue weighted by Gasteiger charge is -2.25. The number of rotatable bonds is 12. The predicted molar refractivity (Wildman–Crippen MR) is 242 cm³/mol. The molecule has 0 unspecified atom stereocenters. The normalized spacial score (nSPS) is 11.4. The zero-order chi connectivity index (χ0) is 37.8. The highest BCUT2D eigenvalue weighted by molar-refractivity contribution is 5.81. The largest absolute Gasteiger partial charge is 0.311 e. The summed E-state index contributed by atoms with van der Waals surface area (Å²) in [6, 6.07) is 76.8. The van der Waals surface area contributed by atoms with Gasteiger partial charge in [0.2, 0.25) is 0 Å². The second-order valence-electron chi connectivity index (χ2n) is 13.5. The van der Waals surface area contributed by atoms with Crippen LogP contribution in [0.5, 0.6) is 0 Å². The van der Waals surface area contributed by atoms with Crippen LogP contribution in [0.4, 0.5) is 34.1 Å². The molecule has 0 spiro atoms. The quantitative estimate of drug-likeness (QED) is 0.116. The summed E-state index contributed by atoms with van der Waals surface area (Å²) < 4.78 is 0. The molecule has 2 nitrogen and oxygen atoms in total. The molecule has 0 radical (unpaired) electrons. The molecule has 0 N–H and O–H groups in total. The molecule has 56 heavy (non-hydrogen) atoms. The standard InChI is InChI=1S/C54H42N2/c1-5-13-43(14-6-1)21-23-45-27-35-51(36-28-45)55(49-17-9-3-10-18-49)53-39-31-47(32-40-53)25-26-48-33-41-54(42-34-48)56(50-19-11-4-12-20-50)52-37-29-46(30-38-52)24-22-44-15-7-2-8-16-44/h1-42H/b23-21+,24-22+,26-25?. The van der Waals surface area contributed by atoms with Crippen LogP contribution in [0, 0.1) is 0 Å². The van der Waals surface area contributed by atoms with Crippen LogP contribution in [-0.2, 0) is 0 Å². The lowest BCUT2D eigenvalue weighted by molar-refractivity contribution is 1.28. The van der Waals surface area contributed by atoms with Crippen LogP contribution in [0.1, 0.15) is 33.4 Å². The number of nitrogens with zero attached hydrogens (tertiary/aromatic N) is 2. The van der Waals surface area contributed by atoms with E-state index in [1.54, 1.807) is 0 Å². The average molecular weight is 719 g/mol. The Labute approximate surface area is 330 Å². The maximum Gasteiger partial charge on any atom is 0.0462 e. The van der Waals surface area contributed by atoms with E-state index in [2.05, 4.69) is 253 Å². The summed E-state index contributed by atoms with van der Waals surface area (Å²) in [5.74, 6) is 0. The lowest BCUT2D eigenvalue weighted by Crippen LogP contribution is -2.09. The second kappa shape index (κ2) is 17.6. The maximum absolute atomic E-state index is 2.30. The van der Waals surface area contributed by atoms with Gasteiger partial charge in [-0.15, -0.1) is 0 Å². The van der Waals surface area contributed by atoms with E-state index in [9.17, 15) is 0 Å². The van der Waals surface area contributed by atoms with Gasteiger partial charge in [-0.2, -0.15) is 0 Å². The Bertz CT molecular complexity index is 2320. The van der Waals surface area contributed by atoms with E-state index in [0.717, 1.165) is 56.4 Å². The van der Waals surface area contributed by atoms with Gasteiger partial charge < -0.3 is 9.80 Å². The molecule has 0 atom stereocenters. The van der Waals surface area contributed by atoms with Gasteiger partial charge in [-0.05, 0) is 106 Å². The molecule has 0 heterocycles. The van der Waals surface area contributed by atoms with Crippen LogP contribution in [0.15, 0.2) is 218 Å². The van der Waals surface area contributed by atoms with Crippen LogP contribution in [0.2, 0.25) is 0 Å². The molecule has 0 fully saturated rings. The van der Waals surface area contributed by atoms with Crippen molar-refractivity contribution in [2.75, 3.05) is 9.80 Å². The fraction of sp³-hybridized carbons (Fsp3) is 0. The summed E-state index contributed by atoms with van der Waals surface area (Å²) in [6.45, 7) is 0. The Kier molecular flexibility index (Phi) is 11.2. The summed E-state index contributed by atoms with van der Waals surface area (Å²) in [5.41, 5.74) is 13.6. The number of para-hydroxylation sites is 2. The van der Waals surface area contributed by atoms with Crippen molar-refractivity contribution in [1.29, 1.82) is 0 Å². The van der Waals surface area contributed by atoms with Crippen molar-refractivity contribution in [2.45, 2.75) is 0 Å². The second-order valence-corrected chi connectivity index (χ2v) is 13.5. The molecule has 268 valence electrons. The number of hydrogen-bond donors (Lipinski definition) is 0. The summed E-state index contributed by atoms with van der Waals surface area (Å²) in [6.07, 6.45) is 13.0. The van der Waals surface area contributed by atoms with E-state index in [-0.39, 0.29) is 0 Å². The monoisotopic (exact) mass is 718 g/mol. The molecule has 0 aromatic heterocycles. The van der Waals surface area contributed by atoms with Crippen molar-refractivity contribution in [3.8, 4) is 0 Å². The van der Waals surface area contributed by atoms with Gasteiger partial charge in [0, 0.05) is 34.1 Å². The Morgan fingerprint density at radius 2 is 0.357 bits per heavy atom. The first kappa shape index (κ1) is 35.6. The number of hydrogen-bond acceptors (Lipinski definition) is 2. The van der Waals surface area contributed by atoms with Crippen molar-refractivity contribution < 1.29 is 0 Å². The van der Waals surface area contributed by atoms with E-state index in [4.69, 9.17) is 0 Å². The molecular weight excluding hydrogens is 677 g/mol. The molecule has 2 heteroatoms. The van der Waals surface area contributed by atoms with Gasteiger partial charge in [-0.3, -0.25) is 0 Å². The van der Waals surface area contributed by atoms with Crippen molar-refractivity contribution in [3.05, 3.63) is 252 Å². The summed E-state index contributed by atoms with van der Waals surface area (Å²) in [5, 5.41) is 0. The highest BCUT2D eigenvalue weighted by atomic mass is 15.1. The summed E-state index contributed by atoms with van der Waals surface area (Å²) in [4.78, 5) is 4.59. The van der Waals surface area contributed by atoms with Crippen LogP contribution < -0.4 is 9.80 Å². The fourth-order valence-electron chi connectivity index (χ4n) is 6.69. The molecule has 8 aromatic rings. The van der Waals surface area contributed by atoms with E-state index < -0.39 is 0 Å². The van der Waals surface area contributed by atoms with Crippen molar-refractivity contribution in [2.24, 2.45) is 0 Å². The van der Waals surface area contributed by atoms with Crippen molar-refractivity contribution in [3.63, 3.8) is 0 Å². The van der Waals surface area contributed by atoms with Gasteiger partial charge in [-0.1, -0.05) is 182 Å². The van der Waals surface area contributed by atoms with Gasteiger partial charge in [0.15, 0.2) is 0 Å². The van der Waals surface area contributed by atoms with Crippen molar-refractivity contribution >= 4 is 70.6 Å². The van der Waals surface area contributed by atoms with E-state index in [1.165, 1.54) is 11.1 Å². The van der Waals surface area contributed by atoms with Gasteiger partial charge in [0.05, 0.1) is 0 Å². The highest BCUT2D eigenvalue weighted by Gasteiger charge is 2.13. The molecule has 0 saturated heterocycles. The smallest absolute Gasteiger partial charge is 0.0462 e. The molecule has 0 aliphatic heterocycles. The van der Waals surface area contributed by atoms with Crippen LogP contribution in [0.3, 0.4) is 0 Å². The van der Waals surface area contributed by atoms with Gasteiger partial charge in [0.25, 0.3) is 0 Å². The third-order valence-electron chi connectivity index (χ3n) is 9.64. The Hall–Kier alpha value is -7.42. The summed E-state index contributed by atoms with van der Waals surface area (Å²) in [7, 11) is 0. The van der Waals surface area contributed by atoms with E-state index in [1.807, 2.05) is 12.1 Å². The topological polar surface area (TPSA) is 6.48 Å². The summed E-state index contributed by atoms with van der Waals surface area (Å²) >= 11 is 0. The zero-order valence-electron chi connectivity index (χ0n) is 31.1. The number of anilines is 6. The van der Waals surface area contributed by atoms with Crippen LogP contribution >= 0.6 is 0 Å². The average Bonchev–Trinajstić information content (AvgIpc) is 3.28. The minimum Gasteiger partial charge on any atom is -0.311 e. The third kappa shape index (κ3) is 9.02. The van der Waals surface area contributed by atoms with E-state index >= 15 is 0 Å². The minimum absolute atomic E-state index is 1.10. The van der Waals surface area contributed by atoms with Gasteiger partial charge in [-0.25, -0.2) is 0 Å². The maximum atomic E-state index is 2.30. The van der Waals surface area contributed by atoms with Gasteiger partial charge in [0.1, 0.15) is 0 Å². The van der Waals surface area contributed by atoms with Gasteiger partial charge >= 0.3 is 0 Å². The first-order valence-electron chi connectivity index (χ1n) is 19.0. The molecule has 0 bridgehead atoms. The predicted octanol–water partition coefficient (Wildman–Crippen LogP) is 15.1. The fourth-order valence-corrected chi connectivity index (χ4v) is 6.69. The Morgan fingerprint density at radius 1 is 0.179 bits per heavy atom. The van der Waals surface area contributed by atoms with E-state index in [0.29, 0.717) is 0 Å². The molecule has 0 aliphatic rings. The third-order valence-corrected chi connectivity index (χ3v) is 9.64. The highest BCUT2D eigenvalue weighted by Crippen LogP contribution is 2.36. The molecule has 8 aromatic carbocycles.